The van der Waals surface area contributed by atoms with Gasteiger partial charge in [-0.25, -0.2) is 4.68 Å². The van der Waals surface area contributed by atoms with Crippen molar-refractivity contribution in [2.45, 2.75) is 13.8 Å². The molecule has 1 aromatic heterocycles. The summed E-state index contributed by atoms with van der Waals surface area (Å²) in [5, 5.41) is 4.21. The number of aryl methyl sites for hydroxylation is 2. The molecule has 1 aromatic carbocycles. The lowest BCUT2D eigenvalue weighted by Gasteiger charge is -2.10. The molecule has 2 N–H and O–H groups in total. The summed E-state index contributed by atoms with van der Waals surface area (Å²) < 4.78 is 1.66. The van der Waals surface area contributed by atoms with E-state index in [9.17, 15) is 4.79 Å². The van der Waals surface area contributed by atoms with Crippen LogP contribution in [0.2, 0.25) is 0 Å². The van der Waals surface area contributed by atoms with E-state index in [0.29, 0.717) is 0 Å². The topological polar surface area (TPSA) is 60.9 Å². The third kappa shape index (κ3) is 2.31. The average molecular weight is 259 g/mol. The maximum absolute atomic E-state index is 11.7. The van der Waals surface area contributed by atoms with Crippen LogP contribution < -0.4 is 11.2 Å². The van der Waals surface area contributed by atoms with Crippen LogP contribution in [-0.2, 0) is 0 Å². The molecular formula is C13H13N3OS. The third-order valence-corrected chi connectivity index (χ3v) is 2.81. The molecule has 0 radical (unpaired) electrons. The first-order chi connectivity index (χ1) is 8.49. The standard InChI is InChI=1S/C13H13N3OS/c1-8-3-5-10(6-4-8)16-9(2)7-11(17)12(15-16)13(14)18/h3-7H,1-2H3,(H2,14,18). The first kappa shape index (κ1) is 12.4. The van der Waals surface area contributed by atoms with E-state index in [1.165, 1.54) is 6.07 Å². The molecule has 0 spiro atoms. The van der Waals surface area contributed by atoms with Crippen LogP contribution in [-0.4, -0.2) is 14.8 Å². The van der Waals surface area contributed by atoms with Crippen LogP contribution in [0.1, 0.15) is 17.0 Å². The predicted molar refractivity (Wildman–Crippen MR) is 75.2 cm³/mol. The van der Waals surface area contributed by atoms with Gasteiger partial charge in [-0.2, -0.15) is 5.10 Å². The maximum atomic E-state index is 11.7. The van der Waals surface area contributed by atoms with E-state index in [4.69, 9.17) is 18.0 Å². The summed E-state index contributed by atoms with van der Waals surface area (Å²) >= 11 is 4.83. The van der Waals surface area contributed by atoms with Gasteiger partial charge < -0.3 is 5.73 Å². The van der Waals surface area contributed by atoms with Gasteiger partial charge in [0.15, 0.2) is 5.69 Å². The van der Waals surface area contributed by atoms with Gasteiger partial charge >= 0.3 is 0 Å². The Labute approximate surface area is 110 Å². The molecule has 1 heterocycles. The molecule has 2 rings (SSSR count). The third-order valence-electron chi connectivity index (χ3n) is 2.62. The molecule has 0 aliphatic rings. The molecule has 0 fully saturated rings. The number of thiocarbonyl (C=S) groups is 1. The Morgan fingerprint density at radius 1 is 1.28 bits per heavy atom. The Morgan fingerprint density at radius 3 is 2.44 bits per heavy atom. The van der Waals surface area contributed by atoms with Crippen molar-refractivity contribution in [1.29, 1.82) is 0 Å². The number of aromatic nitrogens is 2. The average Bonchev–Trinajstić information content (AvgIpc) is 2.30. The Bertz CT molecular complexity index is 659. The molecule has 0 unspecified atom stereocenters. The number of nitrogens with two attached hydrogens (primary N) is 1. The highest BCUT2D eigenvalue weighted by molar-refractivity contribution is 7.80. The Kier molecular flexibility index (Phi) is 3.25. The van der Waals surface area contributed by atoms with Gasteiger partial charge in [-0.15, -0.1) is 0 Å². The van der Waals surface area contributed by atoms with Crippen LogP contribution in [0.3, 0.4) is 0 Å². The zero-order valence-electron chi connectivity index (χ0n) is 10.2. The second-order valence-electron chi connectivity index (χ2n) is 4.11. The zero-order valence-corrected chi connectivity index (χ0v) is 11.0. The van der Waals surface area contributed by atoms with Gasteiger partial charge in [0.25, 0.3) is 0 Å². The zero-order chi connectivity index (χ0) is 13.3. The lowest BCUT2D eigenvalue weighted by atomic mass is 10.2. The van der Waals surface area contributed by atoms with Crippen molar-refractivity contribution in [3.05, 3.63) is 57.5 Å². The monoisotopic (exact) mass is 259 g/mol. The van der Waals surface area contributed by atoms with E-state index in [2.05, 4.69) is 5.10 Å². The van der Waals surface area contributed by atoms with Gasteiger partial charge in [0.1, 0.15) is 4.99 Å². The van der Waals surface area contributed by atoms with Crippen molar-refractivity contribution in [3.63, 3.8) is 0 Å². The van der Waals surface area contributed by atoms with Crippen LogP contribution in [0.25, 0.3) is 5.69 Å². The second-order valence-corrected chi connectivity index (χ2v) is 4.55. The highest BCUT2D eigenvalue weighted by Gasteiger charge is 2.09. The lowest BCUT2D eigenvalue weighted by molar-refractivity contribution is 0.793. The quantitative estimate of drug-likeness (QED) is 0.830. The minimum absolute atomic E-state index is 0.0147. The summed E-state index contributed by atoms with van der Waals surface area (Å²) in [5.74, 6) is 0. The van der Waals surface area contributed by atoms with Gasteiger partial charge in [0.2, 0.25) is 5.43 Å². The summed E-state index contributed by atoms with van der Waals surface area (Å²) in [6.07, 6.45) is 0. The molecule has 0 bridgehead atoms. The fraction of sp³-hybridized carbons (Fsp3) is 0.154. The van der Waals surface area contributed by atoms with Gasteiger partial charge in [-0.05, 0) is 26.0 Å². The number of hydrogen-bond donors (Lipinski definition) is 1. The van der Waals surface area contributed by atoms with Gasteiger partial charge in [-0.3, -0.25) is 4.79 Å². The van der Waals surface area contributed by atoms with Crippen molar-refractivity contribution >= 4 is 17.2 Å². The molecule has 4 nitrogen and oxygen atoms in total. The van der Waals surface area contributed by atoms with E-state index in [0.717, 1.165) is 16.9 Å². The minimum Gasteiger partial charge on any atom is -0.388 e. The molecular weight excluding hydrogens is 246 g/mol. The molecule has 5 heteroatoms. The fourth-order valence-electron chi connectivity index (χ4n) is 1.67. The molecule has 0 aliphatic carbocycles. The van der Waals surface area contributed by atoms with Crippen molar-refractivity contribution < 1.29 is 0 Å². The van der Waals surface area contributed by atoms with E-state index < -0.39 is 0 Å². The number of rotatable bonds is 2. The normalized spacial score (nSPS) is 10.3. The van der Waals surface area contributed by atoms with E-state index in [1.54, 1.807) is 4.68 Å². The number of benzene rings is 1. The molecule has 0 atom stereocenters. The molecule has 0 amide bonds. The molecule has 0 saturated carbocycles. The lowest BCUT2D eigenvalue weighted by Crippen LogP contribution is -2.26. The minimum atomic E-state index is -0.247. The van der Waals surface area contributed by atoms with Crippen LogP contribution >= 0.6 is 12.2 Å². The summed E-state index contributed by atoms with van der Waals surface area (Å²) in [6, 6.07) is 9.32. The summed E-state index contributed by atoms with van der Waals surface area (Å²) in [5.41, 5.74) is 8.14. The van der Waals surface area contributed by atoms with Crippen molar-refractivity contribution in [1.82, 2.24) is 9.78 Å². The molecule has 2 aromatic rings. The van der Waals surface area contributed by atoms with E-state index in [1.807, 2.05) is 38.1 Å². The van der Waals surface area contributed by atoms with Crippen molar-refractivity contribution in [2.24, 2.45) is 5.73 Å². The van der Waals surface area contributed by atoms with Gasteiger partial charge in [0, 0.05) is 11.8 Å². The fourth-order valence-corrected chi connectivity index (χ4v) is 1.81. The smallest absolute Gasteiger partial charge is 0.210 e. The molecule has 0 saturated heterocycles. The first-order valence-corrected chi connectivity index (χ1v) is 5.87. The maximum Gasteiger partial charge on any atom is 0.210 e. The van der Waals surface area contributed by atoms with Gasteiger partial charge in [0.05, 0.1) is 5.69 Å². The summed E-state index contributed by atoms with van der Waals surface area (Å²) in [4.78, 5) is 11.7. The Balaban J connectivity index is 2.64. The molecule has 18 heavy (non-hydrogen) atoms. The summed E-state index contributed by atoms with van der Waals surface area (Å²) in [7, 11) is 0. The highest BCUT2D eigenvalue weighted by atomic mass is 32.1. The van der Waals surface area contributed by atoms with E-state index >= 15 is 0 Å². The van der Waals surface area contributed by atoms with Crippen LogP contribution in [0.15, 0.2) is 35.1 Å². The SMILES string of the molecule is Cc1ccc(-n2nc(C(N)=S)c(=O)cc2C)cc1. The first-order valence-electron chi connectivity index (χ1n) is 5.47. The van der Waals surface area contributed by atoms with Crippen molar-refractivity contribution in [2.75, 3.05) is 0 Å². The largest absolute Gasteiger partial charge is 0.388 e. The molecule has 92 valence electrons. The Hall–Kier alpha value is -2.01. The Morgan fingerprint density at radius 2 is 1.89 bits per heavy atom. The van der Waals surface area contributed by atoms with Crippen LogP contribution in [0.5, 0.6) is 0 Å². The number of nitrogens with zero attached hydrogens (tertiary/aromatic N) is 2. The highest BCUT2D eigenvalue weighted by Crippen LogP contribution is 2.09. The summed E-state index contributed by atoms with van der Waals surface area (Å²) in [6.45, 7) is 3.83. The predicted octanol–water partition coefficient (Wildman–Crippen LogP) is 1.48. The number of hydrogen-bond acceptors (Lipinski definition) is 3. The van der Waals surface area contributed by atoms with E-state index in [-0.39, 0.29) is 16.1 Å². The molecule has 0 aliphatic heterocycles. The van der Waals surface area contributed by atoms with Crippen molar-refractivity contribution in [3.8, 4) is 5.69 Å². The van der Waals surface area contributed by atoms with Crippen LogP contribution in [0.4, 0.5) is 0 Å². The van der Waals surface area contributed by atoms with Crippen LogP contribution in [0, 0.1) is 13.8 Å². The second kappa shape index (κ2) is 4.70. The van der Waals surface area contributed by atoms with Gasteiger partial charge in [-0.1, -0.05) is 29.9 Å².